The highest BCUT2D eigenvalue weighted by Crippen LogP contribution is 2.35. The maximum atomic E-state index is 10.2. The Morgan fingerprint density at radius 3 is 2.02 bits per heavy atom. The van der Waals surface area contributed by atoms with Crippen LogP contribution < -0.4 is 10.4 Å². The Labute approximate surface area is 318 Å². The fourth-order valence-electron chi connectivity index (χ4n) is 5.51. The van der Waals surface area contributed by atoms with Gasteiger partial charge in [0.05, 0.1) is 11.6 Å². The lowest BCUT2D eigenvalue weighted by Gasteiger charge is -2.29. The molecular formula is C49H65N3. The number of nitriles is 2. The standard InChI is InChI=1S/C37H37N3.C6H10.3C2H6/c1-7-10-18-34-35(25-38)32-19-11-12-20-33(32)36(26-39)37(34)27(4)21-22-30-16-13-17-31(24-23-30)40(28(5)14-8-2)29(6)15-9-3;1-4-5-6(2)3;3*1-2/h7-13,15-16,19-24,34H,2-3,5,14,17-18H2,1,4,6H3;4-5H,2H2,1,3H3;3*1-2H3/b10-7-,22-21?,29-15+,37-27-;5-4-;;;. The zero-order valence-electron chi connectivity index (χ0n) is 34.2. The van der Waals surface area contributed by atoms with Gasteiger partial charge in [-0.2, -0.15) is 10.5 Å². The number of fused-ring (bicyclic) bond motifs is 1. The Morgan fingerprint density at radius 1 is 0.885 bits per heavy atom. The molecule has 2 aliphatic carbocycles. The fourth-order valence-corrected chi connectivity index (χ4v) is 5.51. The van der Waals surface area contributed by atoms with Gasteiger partial charge >= 0.3 is 0 Å². The van der Waals surface area contributed by atoms with Crippen molar-refractivity contribution in [2.75, 3.05) is 0 Å². The second-order valence-corrected chi connectivity index (χ2v) is 11.1. The minimum atomic E-state index is -0.176. The molecule has 1 atom stereocenters. The van der Waals surface area contributed by atoms with Gasteiger partial charge in [0.15, 0.2) is 0 Å². The molecule has 1 unspecified atom stereocenters. The molecule has 1 aromatic carbocycles. The van der Waals surface area contributed by atoms with E-state index in [1.165, 1.54) is 0 Å². The van der Waals surface area contributed by atoms with Gasteiger partial charge in [0.1, 0.15) is 6.07 Å². The molecule has 3 nitrogen and oxygen atoms in total. The first-order valence-corrected chi connectivity index (χ1v) is 18.6. The normalized spacial score (nSPS) is 15.6. The summed E-state index contributed by atoms with van der Waals surface area (Å²) in [6.45, 7) is 37.6. The minimum absolute atomic E-state index is 0.176. The SMILES string of the molecule is C=C(C)/C=C\C.C=C/C=C(\C)N(C(=C)CC=C)C1=CC=C(C=C/C(C)=C2\C(C#N)=c3ccccc3=C(C#N)C2C/C=C\C)C=CC1.CC.CC.CC. The van der Waals surface area contributed by atoms with Crippen LogP contribution in [0, 0.1) is 28.6 Å². The molecule has 0 spiro atoms. The van der Waals surface area contributed by atoms with Crippen molar-refractivity contribution in [3.8, 4) is 12.1 Å². The smallest absolute Gasteiger partial charge is 0.100 e. The third-order valence-electron chi connectivity index (χ3n) is 7.50. The lowest BCUT2D eigenvalue weighted by atomic mass is 9.76. The van der Waals surface area contributed by atoms with E-state index >= 15 is 0 Å². The molecule has 0 bridgehead atoms. The van der Waals surface area contributed by atoms with Gasteiger partial charge < -0.3 is 4.90 Å². The van der Waals surface area contributed by atoms with Gasteiger partial charge in [-0.3, -0.25) is 0 Å². The Kier molecular flexibility index (Phi) is 27.5. The molecule has 1 aromatic rings. The van der Waals surface area contributed by atoms with Crippen LogP contribution in [0.3, 0.4) is 0 Å². The fraction of sp³-hybridized carbons (Fsp3) is 0.306. The van der Waals surface area contributed by atoms with Crippen molar-refractivity contribution in [1.82, 2.24) is 4.90 Å². The Bertz CT molecular complexity index is 1790. The summed E-state index contributed by atoms with van der Waals surface area (Å²) in [4.78, 5) is 2.16. The highest BCUT2D eigenvalue weighted by atomic mass is 15.2. The summed E-state index contributed by atoms with van der Waals surface area (Å²) in [7, 11) is 0. The predicted octanol–water partition coefficient (Wildman–Crippen LogP) is 13.0. The molecule has 276 valence electrons. The molecular weight excluding hydrogens is 631 g/mol. The quantitative estimate of drug-likeness (QED) is 0.171. The number of rotatable bonds is 11. The van der Waals surface area contributed by atoms with Gasteiger partial charge in [0.2, 0.25) is 0 Å². The summed E-state index contributed by atoms with van der Waals surface area (Å²) < 4.78 is 0. The van der Waals surface area contributed by atoms with Crippen LogP contribution in [0.5, 0.6) is 0 Å². The van der Waals surface area contributed by atoms with Crippen molar-refractivity contribution in [2.24, 2.45) is 5.92 Å². The second kappa shape index (κ2) is 29.4. The molecule has 0 heterocycles. The molecule has 0 amide bonds. The van der Waals surface area contributed by atoms with E-state index in [1.807, 2.05) is 131 Å². The number of nitrogens with zero attached hydrogens (tertiary/aromatic N) is 3. The van der Waals surface area contributed by atoms with Gasteiger partial charge in [0, 0.05) is 46.6 Å². The summed E-state index contributed by atoms with van der Waals surface area (Å²) in [6.07, 6.45) is 28.3. The average Bonchev–Trinajstić information content (AvgIpc) is 3.40. The summed E-state index contributed by atoms with van der Waals surface area (Å²) in [5.41, 5.74) is 8.49. The van der Waals surface area contributed by atoms with E-state index in [9.17, 15) is 10.5 Å². The first-order chi connectivity index (χ1) is 25.2. The molecule has 0 aliphatic heterocycles. The largest absolute Gasteiger partial charge is 0.322 e. The van der Waals surface area contributed by atoms with E-state index < -0.39 is 0 Å². The van der Waals surface area contributed by atoms with Gasteiger partial charge in [-0.05, 0) is 75.1 Å². The third kappa shape index (κ3) is 15.2. The number of hydrogen-bond donors (Lipinski definition) is 0. The van der Waals surface area contributed by atoms with Gasteiger partial charge in [-0.1, -0.05) is 158 Å². The molecule has 0 saturated heterocycles. The summed E-state index contributed by atoms with van der Waals surface area (Å²) >= 11 is 0. The molecule has 0 N–H and O–H groups in total. The van der Waals surface area contributed by atoms with Crippen molar-refractivity contribution < 1.29 is 0 Å². The van der Waals surface area contributed by atoms with E-state index in [4.69, 9.17) is 0 Å². The van der Waals surface area contributed by atoms with Gasteiger partial charge in [-0.25, -0.2) is 0 Å². The highest BCUT2D eigenvalue weighted by molar-refractivity contribution is 5.86. The van der Waals surface area contributed by atoms with Crippen molar-refractivity contribution in [2.45, 2.75) is 95.4 Å². The molecule has 3 heteroatoms. The maximum absolute atomic E-state index is 10.2. The minimum Gasteiger partial charge on any atom is -0.322 e. The Morgan fingerprint density at radius 2 is 1.52 bits per heavy atom. The van der Waals surface area contributed by atoms with Crippen molar-refractivity contribution in [3.05, 3.63) is 179 Å². The van der Waals surface area contributed by atoms with Crippen LogP contribution in [0.4, 0.5) is 0 Å². The van der Waals surface area contributed by atoms with Crippen LogP contribution in [0.15, 0.2) is 169 Å². The first kappa shape index (κ1) is 48.7. The molecule has 2 aliphatic rings. The third-order valence-corrected chi connectivity index (χ3v) is 7.50. The van der Waals surface area contributed by atoms with E-state index in [1.54, 1.807) is 6.08 Å². The van der Waals surface area contributed by atoms with Crippen molar-refractivity contribution in [3.63, 3.8) is 0 Å². The molecule has 0 saturated carbocycles. The molecule has 52 heavy (non-hydrogen) atoms. The van der Waals surface area contributed by atoms with Crippen molar-refractivity contribution >= 4 is 11.1 Å². The van der Waals surface area contributed by atoms with E-state index in [2.05, 4.69) is 85.9 Å². The van der Waals surface area contributed by atoms with E-state index in [-0.39, 0.29) is 5.92 Å². The van der Waals surface area contributed by atoms with E-state index in [0.29, 0.717) is 24.0 Å². The second-order valence-electron chi connectivity index (χ2n) is 11.1. The lowest BCUT2D eigenvalue weighted by Crippen LogP contribution is -2.36. The van der Waals surface area contributed by atoms with Crippen LogP contribution in [0.2, 0.25) is 0 Å². The number of hydrogen-bond acceptors (Lipinski definition) is 3. The van der Waals surface area contributed by atoms with Gasteiger partial charge in [0.25, 0.3) is 0 Å². The Hall–Kier alpha value is -5.38. The monoisotopic (exact) mass is 696 g/mol. The van der Waals surface area contributed by atoms with Crippen LogP contribution in [0.1, 0.15) is 95.4 Å². The van der Waals surface area contributed by atoms with Crippen LogP contribution in [0.25, 0.3) is 11.1 Å². The number of benzene rings is 1. The first-order valence-electron chi connectivity index (χ1n) is 18.6. The van der Waals surface area contributed by atoms with Crippen LogP contribution >= 0.6 is 0 Å². The van der Waals surface area contributed by atoms with Crippen LogP contribution in [-0.2, 0) is 0 Å². The van der Waals surface area contributed by atoms with Crippen LogP contribution in [-0.4, -0.2) is 4.90 Å². The lowest BCUT2D eigenvalue weighted by molar-refractivity contribution is 0.508. The molecule has 0 radical (unpaired) electrons. The highest BCUT2D eigenvalue weighted by Gasteiger charge is 2.28. The number of allylic oxidation sites excluding steroid dienone is 18. The molecule has 3 rings (SSSR count). The topological polar surface area (TPSA) is 50.8 Å². The molecule has 0 fully saturated rings. The summed E-state index contributed by atoms with van der Waals surface area (Å²) in [6, 6.07) is 12.6. The van der Waals surface area contributed by atoms with E-state index in [0.717, 1.165) is 56.2 Å². The average molecular weight is 696 g/mol. The summed E-state index contributed by atoms with van der Waals surface area (Å²) in [5.74, 6) is -0.176. The maximum Gasteiger partial charge on any atom is 0.100 e. The van der Waals surface area contributed by atoms with Gasteiger partial charge in [-0.15, -0.1) is 6.58 Å². The Balaban J connectivity index is 0. The van der Waals surface area contributed by atoms with Crippen molar-refractivity contribution in [1.29, 1.82) is 10.5 Å². The predicted molar refractivity (Wildman–Crippen MR) is 232 cm³/mol. The summed E-state index contributed by atoms with van der Waals surface area (Å²) in [5, 5.41) is 22.1. The molecule has 0 aromatic heterocycles. The zero-order valence-corrected chi connectivity index (χ0v) is 34.2. The zero-order chi connectivity index (χ0) is 40.1.